The minimum atomic E-state index is -0.358. The summed E-state index contributed by atoms with van der Waals surface area (Å²) in [6, 6.07) is 5.91. The van der Waals surface area contributed by atoms with Crippen molar-refractivity contribution in [2.45, 2.75) is 45.9 Å². The molecule has 1 aromatic carbocycles. The van der Waals surface area contributed by atoms with Gasteiger partial charge in [0.25, 0.3) is 5.91 Å². The van der Waals surface area contributed by atoms with Crippen LogP contribution in [-0.2, 0) is 19.6 Å². The molecule has 0 saturated heterocycles. The first-order valence-corrected chi connectivity index (χ1v) is 7.54. The van der Waals surface area contributed by atoms with Gasteiger partial charge < -0.3 is 19.7 Å². The number of ether oxygens (including phenoxy) is 1. The zero-order chi connectivity index (χ0) is 16.6. The number of hydrogen-bond donors (Lipinski definition) is 2. The Morgan fingerprint density at radius 3 is 2.96 bits per heavy atom. The number of nitrogens with one attached hydrogen (secondary N) is 1. The molecule has 0 aliphatic carbocycles. The van der Waals surface area contributed by atoms with Crippen molar-refractivity contribution in [3.05, 3.63) is 46.3 Å². The summed E-state index contributed by atoms with van der Waals surface area (Å²) in [5, 5.41) is 15.8. The Kier molecular flexibility index (Phi) is 3.85. The van der Waals surface area contributed by atoms with E-state index in [4.69, 9.17) is 9.26 Å². The highest BCUT2D eigenvalue weighted by Gasteiger charge is 2.29. The van der Waals surface area contributed by atoms with Crippen LogP contribution in [0.2, 0.25) is 0 Å². The van der Waals surface area contributed by atoms with Gasteiger partial charge in [-0.3, -0.25) is 4.79 Å². The summed E-state index contributed by atoms with van der Waals surface area (Å²) in [5.41, 5.74) is 2.51. The van der Waals surface area contributed by atoms with Gasteiger partial charge in [0.05, 0.1) is 12.2 Å². The van der Waals surface area contributed by atoms with Gasteiger partial charge in [-0.2, -0.15) is 0 Å². The second kappa shape index (κ2) is 5.70. The van der Waals surface area contributed by atoms with Gasteiger partial charge in [-0.25, -0.2) is 0 Å². The van der Waals surface area contributed by atoms with Crippen molar-refractivity contribution in [2.24, 2.45) is 0 Å². The molecular formula is C17H20N2O4. The molecule has 0 saturated carbocycles. The van der Waals surface area contributed by atoms with Gasteiger partial charge in [0.1, 0.15) is 17.1 Å². The quantitative estimate of drug-likeness (QED) is 0.902. The molecule has 1 aliphatic rings. The zero-order valence-electron chi connectivity index (χ0n) is 13.5. The number of nitrogens with zero attached hydrogens (tertiary/aromatic N) is 1. The van der Waals surface area contributed by atoms with Gasteiger partial charge >= 0.3 is 0 Å². The molecule has 0 fully saturated rings. The maximum atomic E-state index is 12.2. The molecular weight excluding hydrogens is 296 g/mol. The number of benzene rings is 1. The summed E-state index contributed by atoms with van der Waals surface area (Å²) in [4.78, 5) is 12.2. The minimum Gasteiger partial charge on any atom is -0.487 e. The van der Waals surface area contributed by atoms with E-state index in [2.05, 4.69) is 24.3 Å². The summed E-state index contributed by atoms with van der Waals surface area (Å²) in [6.45, 7) is 5.87. The third-order valence-corrected chi connectivity index (χ3v) is 3.94. The first-order valence-electron chi connectivity index (χ1n) is 7.54. The highest BCUT2D eigenvalue weighted by atomic mass is 16.5. The molecule has 2 aromatic rings. The van der Waals surface area contributed by atoms with Gasteiger partial charge in [0, 0.05) is 13.0 Å². The highest BCUT2D eigenvalue weighted by Crippen LogP contribution is 2.35. The van der Waals surface area contributed by atoms with Gasteiger partial charge in [0.2, 0.25) is 0 Å². The Labute approximate surface area is 134 Å². The van der Waals surface area contributed by atoms with E-state index in [1.165, 1.54) is 0 Å². The lowest BCUT2D eigenvalue weighted by atomic mass is 10.0. The first kappa shape index (κ1) is 15.6. The average Bonchev–Trinajstić information content (AvgIpc) is 3.01. The number of rotatable bonds is 4. The van der Waals surface area contributed by atoms with Crippen LogP contribution in [0.5, 0.6) is 5.75 Å². The van der Waals surface area contributed by atoms with Crippen LogP contribution in [-0.4, -0.2) is 21.8 Å². The zero-order valence-corrected chi connectivity index (χ0v) is 13.5. The molecule has 2 N–H and O–H groups in total. The molecule has 0 atom stereocenters. The van der Waals surface area contributed by atoms with Crippen molar-refractivity contribution in [3.63, 3.8) is 0 Å². The van der Waals surface area contributed by atoms with Crippen LogP contribution in [0.1, 0.15) is 46.8 Å². The standard InChI is InChI=1S/C17H20N2O4/c1-10-13(9-20)15(19-23-10)16(21)18-8-11-4-5-14-12(6-11)7-17(2,3)22-14/h4-6,20H,7-9H2,1-3H3,(H,18,21). The van der Waals surface area contributed by atoms with Gasteiger partial charge in [-0.15, -0.1) is 0 Å². The Balaban J connectivity index is 1.69. The van der Waals surface area contributed by atoms with Gasteiger partial charge in [0.15, 0.2) is 5.69 Å². The predicted octanol–water partition coefficient (Wildman–Crippen LogP) is 2.12. The van der Waals surface area contributed by atoms with Crippen LogP contribution in [0.3, 0.4) is 0 Å². The largest absolute Gasteiger partial charge is 0.487 e. The van der Waals surface area contributed by atoms with Crippen LogP contribution in [0.4, 0.5) is 0 Å². The summed E-state index contributed by atoms with van der Waals surface area (Å²) in [7, 11) is 0. The fraction of sp³-hybridized carbons (Fsp3) is 0.412. The van der Waals surface area contributed by atoms with Crippen molar-refractivity contribution in [1.82, 2.24) is 10.5 Å². The van der Waals surface area contributed by atoms with E-state index in [1.807, 2.05) is 18.2 Å². The Bertz CT molecular complexity index is 749. The molecule has 3 rings (SSSR count). The molecule has 0 spiro atoms. The fourth-order valence-electron chi connectivity index (χ4n) is 2.79. The lowest BCUT2D eigenvalue weighted by Crippen LogP contribution is -2.24. The van der Waals surface area contributed by atoms with Crippen molar-refractivity contribution in [2.75, 3.05) is 0 Å². The van der Waals surface area contributed by atoms with Crippen LogP contribution < -0.4 is 10.1 Å². The monoisotopic (exact) mass is 316 g/mol. The number of aliphatic hydroxyl groups is 1. The molecule has 6 nitrogen and oxygen atoms in total. The van der Waals surface area contributed by atoms with Crippen LogP contribution in [0, 0.1) is 6.92 Å². The van der Waals surface area contributed by atoms with Gasteiger partial charge in [-0.1, -0.05) is 17.3 Å². The lowest BCUT2D eigenvalue weighted by Gasteiger charge is -2.16. The van der Waals surface area contributed by atoms with Crippen LogP contribution >= 0.6 is 0 Å². The number of aryl methyl sites for hydroxylation is 1. The van der Waals surface area contributed by atoms with E-state index in [0.717, 1.165) is 23.3 Å². The number of aromatic nitrogens is 1. The third kappa shape index (κ3) is 3.07. The number of carbonyl (C=O) groups is 1. The van der Waals surface area contributed by atoms with Crippen LogP contribution in [0.15, 0.2) is 22.7 Å². The van der Waals surface area contributed by atoms with E-state index < -0.39 is 0 Å². The summed E-state index contributed by atoms with van der Waals surface area (Å²) >= 11 is 0. The second-order valence-electron chi connectivity index (χ2n) is 6.39. The van der Waals surface area contributed by atoms with Crippen molar-refractivity contribution in [1.29, 1.82) is 0 Å². The SMILES string of the molecule is Cc1onc(C(=O)NCc2ccc3c(c2)CC(C)(C)O3)c1CO. The maximum Gasteiger partial charge on any atom is 0.274 e. The number of fused-ring (bicyclic) bond motifs is 1. The fourth-order valence-corrected chi connectivity index (χ4v) is 2.79. The smallest absolute Gasteiger partial charge is 0.274 e. The summed E-state index contributed by atoms with van der Waals surface area (Å²) in [6.07, 6.45) is 0.848. The maximum absolute atomic E-state index is 12.2. The number of hydrogen-bond acceptors (Lipinski definition) is 5. The summed E-state index contributed by atoms with van der Waals surface area (Å²) < 4.78 is 10.8. The van der Waals surface area contributed by atoms with E-state index in [0.29, 0.717) is 17.9 Å². The van der Waals surface area contributed by atoms with Crippen molar-refractivity contribution >= 4 is 5.91 Å². The normalized spacial score (nSPS) is 15.1. The third-order valence-electron chi connectivity index (χ3n) is 3.94. The topological polar surface area (TPSA) is 84.6 Å². The first-order chi connectivity index (χ1) is 10.9. The Morgan fingerprint density at radius 1 is 1.43 bits per heavy atom. The Morgan fingerprint density at radius 2 is 2.22 bits per heavy atom. The molecule has 6 heteroatoms. The average molecular weight is 316 g/mol. The van der Waals surface area contributed by atoms with E-state index in [-0.39, 0.29) is 23.8 Å². The van der Waals surface area contributed by atoms with E-state index >= 15 is 0 Å². The molecule has 0 unspecified atom stereocenters. The van der Waals surface area contributed by atoms with E-state index in [1.54, 1.807) is 6.92 Å². The molecule has 1 amide bonds. The minimum absolute atomic E-state index is 0.135. The van der Waals surface area contributed by atoms with E-state index in [9.17, 15) is 9.90 Å². The number of amides is 1. The molecule has 0 radical (unpaired) electrons. The molecule has 2 heterocycles. The molecule has 1 aromatic heterocycles. The highest BCUT2D eigenvalue weighted by molar-refractivity contribution is 5.93. The molecule has 23 heavy (non-hydrogen) atoms. The van der Waals surface area contributed by atoms with Gasteiger partial charge in [-0.05, 0) is 38.0 Å². The lowest BCUT2D eigenvalue weighted by molar-refractivity contribution is 0.0939. The molecule has 0 bridgehead atoms. The Hall–Kier alpha value is -2.34. The van der Waals surface area contributed by atoms with Crippen molar-refractivity contribution < 1.29 is 19.2 Å². The number of carbonyl (C=O) groups excluding carboxylic acids is 1. The molecule has 122 valence electrons. The van der Waals surface area contributed by atoms with Crippen LogP contribution in [0.25, 0.3) is 0 Å². The second-order valence-corrected chi connectivity index (χ2v) is 6.39. The molecule has 1 aliphatic heterocycles. The summed E-state index contributed by atoms with van der Waals surface area (Å²) in [5.74, 6) is 0.998. The van der Waals surface area contributed by atoms with Crippen molar-refractivity contribution in [3.8, 4) is 5.75 Å². The number of aliphatic hydroxyl groups excluding tert-OH is 1. The predicted molar refractivity (Wildman–Crippen MR) is 83.2 cm³/mol.